The lowest BCUT2D eigenvalue weighted by Gasteiger charge is -2.11. The zero-order valence-corrected chi connectivity index (χ0v) is 14.8. The van der Waals surface area contributed by atoms with Gasteiger partial charge in [0.1, 0.15) is 0 Å². The van der Waals surface area contributed by atoms with Crippen LogP contribution in [0.4, 0.5) is 5.69 Å². The SMILES string of the molecule is O=C(Nc1ccccc1OC(=O)c1ccc2ncccc2c1)c1ccccc1. The number of pyridine rings is 1. The second kappa shape index (κ2) is 7.72. The number of fused-ring (bicyclic) bond motifs is 1. The van der Waals surface area contributed by atoms with Crippen molar-refractivity contribution in [3.63, 3.8) is 0 Å². The second-order valence-corrected chi connectivity index (χ2v) is 6.12. The first-order valence-electron chi connectivity index (χ1n) is 8.73. The Kier molecular flexibility index (Phi) is 4.80. The number of carbonyl (C=O) groups excluding carboxylic acids is 2. The van der Waals surface area contributed by atoms with Crippen LogP contribution in [-0.2, 0) is 0 Å². The smallest absolute Gasteiger partial charge is 0.343 e. The number of benzene rings is 3. The Morgan fingerprint density at radius 2 is 1.57 bits per heavy atom. The lowest BCUT2D eigenvalue weighted by Crippen LogP contribution is -2.14. The van der Waals surface area contributed by atoms with Crippen LogP contribution in [0.5, 0.6) is 5.75 Å². The molecular formula is C23H16N2O3. The molecule has 0 aliphatic rings. The van der Waals surface area contributed by atoms with Crippen LogP contribution in [0.3, 0.4) is 0 Å². The third kappa shape index (κ3) is 3.73. The van der Waals surface area contributed by atoms with Crippen molar-refractivity contribution in [2.24, 2.45) is 0 Å². The first-order valence-corrected chi connectivity index (χ1v) is 8.73. The van der Waals surface area contributed by atoms with Gasteiger partial charge in [0, 0.05) is 17.1 Å². The van der Waals surface area contributed by atoms with E-state index >= 15 is 0 Å². The Hall–Kier alpha value is -3.99. The minimum absolute atomic E-state index is 0.277. The summed E-state index contributed by atoms with van der Waals surface area (Å²) in [6.45, 7) is 0. The van der Waals surface area contributed by atoms with E-state index in [0.29, 0.717) is 16.8 Å². The monoisotopic (exact) mass is 368 g/mol. The van der Waals surface area contributed by atoms with Crippen LogP contribution in [0, 0.1) is 0 Å². The molecule has 0 radical (unpaired) electrons. The van der Waals surface area contributed by atoms with E-state index < -0.39 is 5.97 Å². The second-order valence-electron chi connectivity index (χ2n) is 6.12. The predicted octanol–water partition coefficient (Wildman–Crippen LogP) is 4.71. The van der Waals surface area contributed by atoms with E-state index in [1.165, 1.54) is 0 Å². The normalized spacial score (nSPS) is 10.4. The van der Waals surface area contributed by atoms with E-state index in [1.54, 1.807) is 72.9 Å². The fraction of sp³-hybridized carbons (Fsp3) is 0. The van der Waals surface area contributed by atoms with Gasteiger partial charge in [0.2, 0.25) is 0 Å². The molecule has 5 heteroatoms. The van der Waals surface area contributed by atoms with Crippen molar-refractivity contribution in [1.29, 1.82) is 0 Å². The summed E-state index contributed by atoms with van der Waals surface area (Å²) in [7, 11) is 0. The Labute approximate surface area is 161 Å². The summed E-state index contributed by atoms with van der Waals surface area (Å²) in [5.41, 5.74) is 2.15. The summed E-state index contributed by atoms with van der Waals surface area (Å²) >= 11 is 0. The van der Waals surface area contributed by atoms with Crippen molar-refractivity contribution in [3.05, 3.63) is 102 Å². The molecule has 0 aliphatic heterocycles. The van der Waals surface area contributed by atoms with E-state index in [0.717, 1.165) is 10.9 Å². The summed E-state index contributed by atoms with van der Waals surface area (Å²) in [5, 5.41) is 3.64. The minimum Gasteiger partial charge on any atom is -0.421 e. The van der Waals surface area contributed by atoms with Crippen LogP contribution in [0.1, 0.15) is 20.7 Å². The van der Waals surface area contributed by atoms with Crippen LogP contribution >= 0.6 is 0 Å². The summed E-state index contributed by atoms with van der Waals surface area (Å²) in [6.07, 6.45) is 1.70. The molecule has 3 aromatic carbocycles. The molecule has 5 nitrogen and oxygen atoms in total. The summed E-state index contributed by atoms with van der Waals surface area (Å²) < 4.78 is 5.54. The highest BCUT2D eigenvalue weighted by molar-refractivity contribution is 6.05. The Bertz CT molecular complexity index is 1160. The molecule has 1 aromatic heterocycles. The molecule has 4 aromatic rings. The van der Waals surface area contributed by atoms with Crippen molar-refractivity contribution in [2.45, 2.75) is 0 Å². The van der Waals surface area contributed by atoms with E-state index in [2.05, 4.69) is 10.3 Å². The van der Waals surface area contributed by atoms with Crippen molar-refractivity contribution in [1.82, 2.24) is 4.98 Å². The van der Waals surface area contributed by atoms with Crippen LogP contribution in [-0.4, -0.2) is 16.9 Å². The summed E-state index contributed by atoms with van der Waals surface area (Å²) in [5.74, 6) is -0.504. The Morgan fingerprint density at radius 3 is 2.43 bits per heavy atom. The standard InChI is InChI=1S/C23H16N2O3/c26-22(16-7-2-1-3-8-16)25-20-10-4-5-11-21(20)28-23(27)18-12-13-19-17(15-18)9-6-14-24-19/h1-15H,(H,25,26). The molecule has 0 saturated heterocycles. The van der Waals surface area contributed by atoms with Crippen LogP contribution in [0.25, 0.3) is 10.9 Å². The van der Waals surface area contributed by atoms with E-state index in [1.807, 2.05) is 18.2 Å². The number of nitrogens with zero attached hydrogens (tertiary/aromatic N) is 1. The third-order valence-electron chi connectivity index (χ3n) is 4.21. The Morgan fingerprint density at radius 1 is 0.786 bits per heavy atom. The molecule has 0 bridgehead atoms. The molecule has 0 atom stereocenters. The maximum absolute atomic E-state index is 12.6. The van der Waals surface area contributed by atoms with Gasteiger partial charge in [0.05, 0.1) is 16.8 Å². The summed E-state index contributed by atoms with van der Waals surface area (Å²) in [4.78, 5) is 29.3. The molecule has 1 heterocycles. The van der Waals surface area contributed by atoms with Gasteiger partial charge >= 0.3 is 5.97 Å². The van der Waals surface area contributed by atoms with E-state index in [9.17, 15) is 9.59 Å². The predicted molar refractivity (Wildman–Crippen MR) is 108 cm³/mol. The maximum atomic E-state index is 12.6. The van der Waals surface area contributed by atoms with Crippen molar-refractivity contribution in [2.75, 3.05) is 5.32 Å². The molecule has 0 unspecified atom stereocenters. The molecule has 1 amide bonds. The molecule has 0 aliphatic carbocycles. The van der Waals surface area contributed by atoms with Crippen LogP contribution in [0.2, 0.25) is 0 Å². The van der Waals surface area contributed by atoms with Gasteiger partial charge < -0.3 is 10.1 Å². The van der Waals surface area contributed by atoms with Crippen LogP contribution in [0.15, 0.2) is 91.1 Å². The van der Waals surface area contributed by atoms with Gasteiger partial charge in [-0.2, -0.15) is 0 Å². The first-order chi connectivity index (χ1) is 13.7. The fourth-order valence-corrected chi connectivity index (χ4v) is 2.80. The van der Waals surface area contributed by atoms with Gasteiger partial charge in [-0.05, 0) is 48.5 Å². The molecule has 0 saturated carbocycles. The molecule has 0 fully saturated rings. The average Bonchev–Trinajstić information content (AvgIpc) is 2.75. The minimum atomic E-state index is -0.507. The van der Waals surface area contributed by atoms with Gasteiger partial charge in [0.15, 0.2) is 5.75 Å². The number of amides is 1. The number of rotatable bonds is 4. The van der Waals surface area contributed by atoms with Crippen molar-refractivity contribution in [3.8, 4) is 5.75 Å². The van der Waals surface area contributed by atoms with Gasteiger partial charge in [-0.15, -0.1) is 0 Å². The zero-order chi connectivity index (χ0) is 19.3. The lowest BCUT2D eigenvalue weighted by atomic mass is 10.1. The average molecular weight is 368 g/mol. The number of aromatic nitrogens is 1. The first kappa shape index (κ1) is 17.4. The third-order valence-corrected chi connectivity index (χ3v) is 4.21. The lowest BCUT2D eigenvalue weighted by molar-refractivity contribution is 0.0735. The van der Waals surface area contributed by atoms with Gasteiger partial charge in [-0.3, -0.25) is 9.78 Å². The quantitative estimate of drug-likeness (QED) is 0.418. The molecule has 4 rings (SSSR count). The number of hydrogen-bond acceptors (Lipinski definition) is 4. The summed E-state index contributed by atoms with van der Waals surface area (Å²) in [6, 6.07) is 24.5. The number of nitrogens with one attached hydrogen (secondary N) is 1. The highest BCUT2D eigenvalue weighted by atomic mass is 16.5. The largest absolute Gasteiger partial charge is 0.421 e. The maximum Gasteiger partial charge on any atom is 0.343 e. The number of ether oxygens (including phenoxy) is 1. The van der Waals surface area contributed by atoms with Gasteiger partial charge in [0.25, 0.3) is 5.91 Å². The van der Waals surface area contributed by atoms with Crippen LogP contribution < -0.4 is 10.1 Å². The molecule has 136 valence electrons. The van der Waals surface area contributed by atoms with Crippen molar-refractivity contribution >= 4 is 28.5 Å². The van der Waals surface area contributed by atoms with E-state index in [4.69, 9.17) is 4.74 Å². The molecule has 28 heavy (non-hydrogen) atoms. The fourth-order valence-electron chi connectivity index (χ4n) is 2.80. The van der Waals surface area contributed by atoms with Gasteiger partial charge in [-0.25, -0.2) is 4.79 Å². The highest BCUT2D eigenvalue weighted by Crippen LogP contribution is 2.26. The van der Waals surface area contributed by atoms with E-state index in [-0.39, 0.29) is 11.7 Å². The number of hydrogen-bond donors (Lipinski definition) is 1. The number of carbonyl (C=O) groups is 2. The highest BCUT2D eigenvalue weighted by Gasteiger charge is 2.14. The number of para-hydroxylation sites is 2. The molecule has 0 spiro atoms. The molecular weight excluding hydrogens is 352 g/mol. The number of anilines is 1. The Balaban J connectivity index is 1.56. The number of esters is 1. The zero-order valence-electron chi connectivity index (χ0n) is 14.8. The molecule has 1 N–H and O–H groups in total. The topological polar surface area (TPSA) is 68.3 Å². The van der Waals surface area contributed by atoms with Gasteiger partial charge in [-0.1, -0.05) is 36.4 Å². The van der Waals surface area contributed by atoms with Crippen molar-refractivity contribution < 1.29 is 14.3 Å².